The molecule has 0 aliphatic heterocycles. The number of Topliss-reactive ketones (excluding diaryl/α,β-unsaturated/α-hetero) is 1. The molecule has 0 radical (unpaired) electrons. The van der Waals surface area contributed by atoms with Gasteiger partial charge in [0.05, 0.1) is 12.1 Å². The van der Waals surface area contributed by atoms with Gasteiger partial charge in [0.1, 0.15) is 6.04 Å². The average Bonchev–Trinajstić information content (AvgIpc) is 2.62. The molecule has 1 rings (SSSR count). The fraction of sp³-hybridized carbons (Fsp3) is 0.500. The summed E-state index contributed by atoms with van der Waals surface area (Å²) in [6.45, 7) is 2.62. The Morgan fingerprint density at radius 3 is 2.27 bits per heavy atom. The third-order valence-corrected chi connectivity index (χ3v) is 4.03. The van der Waals surface area contributed by atoms with Crippen molar-refractivity contribution in [3.63, 3.8) is 0 Å². The lowest BCUT2D eigenvalue weighted by molar-refractivity contribution is -0.133. The highest BCUT2D eigenvalue weighted by Crippen LogP contribution is 2.15. The molecular weight excluding hydrogens is 336 g/mol. The second-order valence-corrected chi connectivity index (χ2v) is 6.25. The van der Waals surface area contributed by atoms with Gasteiger partial charge in [0.25, 0.3) is 0 Å². The van der Waals surface area contributed by atoms with Crippen LogP contribution in [0.4, 0.5) is 0 Å². The summed E-state index contributed by atoms with van der Waals surface area (Å²) in [4.78, 5) is 35.8. The Morgan fingerprint density at radius 1 is 1.15 bits per heavy atom. The van der Waals surface area contributed by atoms with E-state index in [1.54, 1.807) is 0 Å². The molecule has 0 spiro atoms. The molecule has 1 aromatic carbocycles. The summed E-state index contributed by atoms with van der Waals surface area (Å²) in [5.74, 6) is -1.37. The second-order valence-electron chi connectivity index (χ2n) is 6.25. The van der Waals surface area contributed by atoms with Crippen molar-refractivity contribution in [2.45, 2.75) is 50.9 Å². The topological polar surface area (TPSA) is 148 Å². The van der Waals surface area contributed by atoms with E-state index in [-0.39, 0.29) is 24.8 Å². The lowest BCUT2D eigenvalue weighted by Crippen LogP contribution is -2.56. The lowest BCUT2D eigenvalue weighted by Gasteiger charge is -2.23. The predicted molar refractivity (Wildman–Crippen MR) is 97.9 cm³/mol. The van der Waals surface area contributed by atoms with Gasteiger partial charge >= 0.3 is 0 Å². The Kier molecular flexibility index (Phi) is 8.91. The van der Waals surface area contributed by atoms with Crippen molar-refractivity contribution in [3.05, 3.63) is 35.9 Å². The van der Waals surface area contributed by atoms with E-state index in [0.717, 1.165) is 5.56 Å². The van der Waals surface area contributed by atoms with Gasteiger partial charge in [0.2, 0.25) is 11.8 Å². The zero-order valence-electron chi connectivity index (χ0n) is 15.1. The van der Waals surface area contributed by atoms with Gasteiger partial charge in [-0.1, -0.05) is 30.3 Å². The van der Waals surface area contributed by atoms with Crippen LogP contribution in [0.3, 0.4) is 0 Å². The fourth-order valence-corrected chi connectivity index (χ4v) is 2.39. The van der Waals surface area contributed by atoms with Crippen LogP contribution in [-0.2, 0) is 14.4 Å². The second kappa shape index (κ2) is 10.6. The normalized spacial score (nSPS) is 15.4. The first kappa shape index (κ1) is 21.8. The summed E-state index contributed by atoms with van der Waals surface area (Å²) >= 11 is 0. The molecule has 0 heterocycles. The molecule has 0 aliphatic rings. The highest BCUT2D eigenvalue weighted by molar-refractivity contribution is 5.92. The molecule has 144 valence electrons. The number of amides is 2. The third kappa shape index (κ3) is 6.91. The number of benzene rings is 1. The summed E-state index contributed by atoms with van der Waals surface area (Å²) in [6.07, 6.45) is -0.644. The highest BCUT2D eigenvalue weighted by atomic mass is 16.3. The Labute approximate surface area is 153 Å². The number of aliphatic hydroxyl groups is 1. The van der Waals surface area contributed by atoms with Crippen LogP contribution in [-0.4, -0.2) is 47.4 Å². The van der Waals surface area contributed by atoms with Gasteiger partial charge in [-0.2, -0.15) is 0 Å². The molecule has 2 amide bonds. The van der Waals surface area contributed by atoms with Crippen LogP contribution < -0.4 is 22.1 Å². The van der Waals surface area contributed by atoms with Gasteiger partial charge in [0.15, 0.2) is 5.78 Å². The number of aliphatic hydroxyl groups excluding tert-OH is 1. The molecule has 0 saturated heterocycles. The maximum atomic E-state index is 12.2. The van der Waals surface area contributed by atoms with Crippen molar-refractivity contribution >= 4 is 17.6 Å². The molecule has 0 saturated carbocycles. The molecule has 7 N–H and O–H groups in total. The van der Waals surface area contributed by atoms with E-state index in [9.17, 15) is 19.5 Å². The molecule has 0 aliphatic carbocycles. The van der Waals surface area contributed by atoms with Gasteiger partial charge in [-0.3, -0.25) is 14.4 Å². The standard InChI is InChI=1S/C18H28N4O4/c1-11(23)15(10-19)21-18(26)17(12(2)24)22-16(25)9-8-14(20)13-6-4-3-5-7-13/h3-7,12,14-15,17,24H,8-10,19-20H2,1-2H3,(H,21,26)(H,22,25)/t12?,14?,15-,17-/m0/s1. The van der Waals surface area contributed by atoms with Crippen LogP contribution in [0.1, 0.15) is 38.3 Å². The first-order chi connectivity index (χ1) is 12.3. The van der Waals surface area contributed by atoms with Crippen molar-refractivity contribution in [1.82, 2.24) is 10.6 Å². The van der Waals surface area contributed by atoms with Gasteiger partial charge in [-0.05, 0) is 25.8 Å². The number of hydrogen-bond acceptors (Lipinski definition) is 6. The van der Waals surface area contributed by atoms with Crippen molar-refractivity contribution in [2.24, 2.45) is 11.5 Å². The van der Waals surface area contributed by atoms with Crippen LogP contribution in [0.25, 0.3) is 0 Å². The van der Waals surface area contributed by atoms with Gasteiger partial charge < -0.3 is 27.2 Å². The summed E-state index contributed by atoms with van der Waals surface area (Å²) in [6, 6.07) is 7.03. The SMILES string of the molecule is CC(=O)[C@H](CN)NC(=O)[C@@H](NC(=O)CCC(N)c1ccccc1)C(C)O. The zero-order valence-corrected chi connectivity index (χ0v) is 15.1. The number of hydrogen-bond donors (Lipinski definition) is 5. The molecule has 1 aromatic rings. The van der Waals surface area contributed by atoms with E-state index in [4.69, 9.17) is 11.5 Å². The number of carbonyl (C=O) groups is 3. The van der Waals surface area contributed by atoms with E-state index in [1.165, 1.54) is 13.8 Å². The molecule has 4 atom stereocenters. The number of nitrogens with two attached hydrogens (primary N) is 2. The molecule has 8 nitrogen and oxygen atoms in total. The molecule has 0 fully saturated rings. The van der Waals surface area contributed by atoms with Gasteiger partial charge in [-0.25, -0.2) is 0 Å². The highest BCUT2D eigenvalue weighted by Gasteiger charge is 2.28. The number of carbonyl (C=O) groups excluding carboxylic acids is 3. The molecular formula is C18H28N4O4. The molecule has 26 heavy (non-hydrogen) atoms. The van der Waals surface area contributed by atoms with Crippen LogP contribution in [0, 0.1) is 0 Å². The van der Waals surface area contributed by atoms with E-state index >= 15 is 0 Å². The minimum Gasteiger partial charge on any atom is -0.391 e. The van der Waals surface area contributed by atoms with Crippen LogP contribution in [0.5, 0.6) is 0 Å². The van der Waals surface area contributed by atoms with E-state index in [0.29, 0.717) is 6.42 Å². The number of ketones is 1. The van der Waals surface area contributed by atoms with E-state index < -0.39 is 30.0 Å². The Hall–Kier alpha value is -2.29. The molecule has 8 heteroatoms. The average molecular weight is 364 g/mol. The molecule has 0 aromatic heterocycles. The van der Waals surface area contributed by atoms with Crippen LogP contribution >= 0.6 is 0 Å². The largest absolute Gasteiger partial charge is 0.391 e. The Balaban J connectivity index is 2.59. The van der Waals surface area contributed by atoms with Crippen molar-refractivity contribution in [2.75, 3.05) is 6.54 Å². The number of nitrogens with one attached hydrogen (secondary N) is 2. The van der Waals surface area contributed by atoms with Gasteiger partial charge in [0, 0.05) is 19.0 Å². The monoisotopic (exact) mass is 364 g/mol. The molecule has 0 bridgehead atoms. The maximum Gasteiger partial charge on any atom is 0.245 e. The first-order valence-corrected chi connectivity index (χ1v) is 8.55. The summed E-state index contributed by atoms with van der Waals surface area (Å²) < 4.78 is 0. The van der Waals surface area contributed by atoms with Crippen molar-refractivity contribution in [1.29, 1.82) is 0 Å². The first-order valence-electron chi connectivity index (χ1n) is 8.55. The summed E-state index contributed by atoms with van der Waals surface area (Å²) in [7, 11) is 0. The fourth-order valence-electron chi connectivity index (χ4n) is 2.39. The Bertz CT molecular complexity index is 606. The smallest absolute Gasteiger partial charge is 0.245 e. The third-order valence-electron chi connectivity index (χ3n) is 4.03. The Morgan fingerprint density at radius 2 is 1.77 bits per heavy atom. The minimum atomic E-state index is -1.18. The lowest BCUT2D eigenvalue weighted by atomic mass is 10.0. The summed E-state index contributed by atoms with van der Waals surface area (Å²) in [5.41, 5.74) is 12.4. The molecule has 2 unspecified atom stereocenters. The van der Waals surface area contributed by atoms with Crippen LogP contribution in [0.2, 0.25) is 0 Å². The maximum absolute atomic E-state index is 12.2. The summed E-state index contributed by atoms with van der Waals surface area (Å²) in [5, 5.41) is 14.7. The van der Waals surface area contributed by atoms with Gasteiger partial charge in [-0.15, -0.1) is 0 Å². The van der Waals surface area contributed by atoms with Crippen LogP contribution in [0.15, 0.2) is 30.3 Å². The number of rotatable bonds is 10. The van der Waals surface area contributed by atoms with Crippen molar-refractivity contribution < 1.29 is 19.5 Å². The van der Waals surface area contributed by atoms with Crippen molar-refractivity contribution in [3.8, 4) is 0 Å². The predicted octanol–water partition coefficient (Wildman–Crippen LogP) is -0.635. The van der Waals surface area contributed by atoms with E-state index in [1.807, 2.05) is 30.3 Å². The van der Waals surface area contributed by atoms with E-state index in [2.05, 4.69) is 10.6 Å². The zero-order chi connectivity index (χ0) is 19.7. The minimum absolute atomic E-state index is 0.0620. The quantitative estimate of drug-likeness (QED) is 0.373.